The number of ether oxygens (including phenoxy) is 2. The van der Waals surface area contributed by atoms with Crippen LogP contribution in [0.1, 0.15) is 137 Å². The maximum atomic E-state index is 14.3. The number of nitrogens with one attached hydrogen (secondary N) is 1. The standard InChI is InChI=1S/C45H64ClNO7/c1-26(2)36-30(48)23-45(34(25-47-10)54-38(50)27-11-13-28(46)14-12-27)22-21-43(8)29(37(36)45)15-16-32-42(7)19-18-33(53-35(49)24-40(3,4)39(51)52)41(5,6)31(42)17-20-44(32,43)9/h11-14,26,29,31-34,47H,15-25H2,1-10H3,(H,51,52)/t29-,31+,32-,33+,34?,42+,43-,44-,45+/m1/s1. The third kappa shape index (κ3) is 6.28. The molecule has 1 aromatic rings. The summed E-state index contributed by atoms with van der Waals surface area (Å²) in [5.74, 6) is -0.552. The zero-order valence-corrected chi connectivity index (χ0v) is 35.1. The van der Waals surface area contributed by atoms with Crippen molar-refractivity contribution in [2.45, 2.75) is 139 Å². The summed E-state index contributed by atoms with van der Waals surface area (Å²) in [7, 11) is 1.88. The van der Waals surface area contributed by atoms with Gasteiger partial charge in [-0.15, -0.1) is 0 Å². The molecule has 8 nitrogen and oxygen atoms in total. The smallest absolute Gasteiger partial charge is 0.338 e. The molecule has 5 aliphatic carbocycles. The normalized spacial score (nSPS) is 36.4. The number of allylic oxidation sites excluding steroid dienone is 1. The van der Waals surface area contributed by atoms with Crippen LogP contribution in [0.15, 0.2) is 35.4 Å². The van der Waals surface area contributed by atoms with E-state index in [9.17, 15) is 24.3 Å². The van der Waals surface area contributed by atoms with Gasteiger partial charge < -0.3 is 19.9 Å². The first-order valence-corrected chi connectivity index (χ1v) is 20.8. The summed E-state index contributed by atoms with van der Waals surface area (Å²) in [5, 5.41) is 13.5. The fraction of sp³-hybridized carbons (Fsp3) is 0.733. The van der Waals surface area contributed by atoms with E-state index in [0.29, 0.717) is 35.4 Å². The number of carbonyl (C=O) groups excluding carboxylic acids is 3. The lowest BCUT2D eigenvalue weighted by Gasteiger charge is -2.72. The quantitative estimate of drug-likeness (QED) is 0.226. The molecule has 1 aromatic carbocycles. The van der Waals surface area contributed by atoms with Crippen LogP contribution in [0.2, 0.25) is 5.02 Å². The number of rotatable bonds is 10. The van der Waals surface area contributed by atoms with Crippen molar-refractivity contribution in [1.29, 1.82) is 0 Å². The molecule has 9 heteroatoms. The highest BCUT2D eigenvalue weighted by Crippen LogP contribution is 2.77. The van der Waals surface area contributed by atoms with E-state index < -0.39 is 34.8 Å². The zero-order valence-electron chi connectivity index (χ0n) is 34.3. The third-order valence-electron chi connectivity index (χ3n) is 16.2. The summed E-state index contributed by atoms with van der Waals surface area (Å²) >= 11 is 6.14. The average Bonchev–Trinajstić information content (AvgIpc) is 3.39. The molecule has 0 radical (unpaired) electrons. The predicted molar refractivity (Wildman–Crippen MR) is 210 cm³/mol. The van der Waals surface area contributed by atoms with E-state index >= 15 is 0 Å². The lowest BCUT2D eigenvalue weighted by molar-refractivity contribution is -0.235. The highest BCUT2D eigenvalue weighted by molar-refractivity contribution is 6.30. The lowest BCUT2D eigenvalue weighted by atomic mass is 9.33. The Labute approximate surface area is 327 Å². The molecule has 0 bridgehead atoms. The van der Waals surface area contributed by atoms with Gasteiger partial charge in [0.1, 0.15) is 12.2 Å². The van der Waals surface area contributed by atoms with Crippen LogP contribution in [0, 0.1) is 56.2 Å². The van der Waals surface area contributed by atoms with Crippen LogP contribution < -0.4 is 5.32 Å². The van der Waals surface area contributed by atoms with Crippen molar-refractivity contribution in [2.75, 3.05) is 13.6 Å². The Morgan fingerprint density at radius 2 is 1.59 bits per heavy atom. The van der Waals surface area contributed by atoms with Crippen molar-refractivity contribution in [3.63, 3.8) is 0 Å². The molecule has 298 valence electrons. The Morgan fingerprint density at radius 1 is 0.926 bits per heavy atom. The van der Waals surface area contributed by atoms with E-state index in [1.807, 2.05) is 7.05 Å². The second-order valence-corrected chi connectivity index (χ2v) is 20.5. The van der Waals surface area contributed by atoms with Crippen LogP contribution >= 0.6 is 11.6 Å². The van der Waals surface area contributed by atoms with Gasteiger partial charge in [-0.2, -0.15) is 0 Å². The van der Waals surface area contributed by atoms with Crippen molar-refractivity contribution in [1.82, 2.24) is 5.32 Å². The topological polar surface area (TPSA) is 119 Å². The summed E-state index contributed by atoms with van der Waals surface area (Å²) in [6, 6.07) is 6.80. The Balaban J connectivity index is 1.32. The third-order valence-corrected chi connectivity index (χ3v) is 16.4. The molecular weight excluding hydrogens is 702 g/mol. The predicted octanol–water partition coefficient (Wildman–Crippen LogP) is 9.48. The summed E-state index contributed by atoms with van der Waals surface area (Å²) < 4.78 is 12.6. The van der Waals surface area contributed by atoms with Gasteiger partial charge in [-0.3, -0.25) is 14.4 Å². The minimum Gasteiger partial charge on any atom is -0.481 e. The Hall–Kier alpha value is -2.71. The number of ketones is 1. The second-order valence-electron chi connectivity index (χ2n) is 20.0. The van der Waals surface area contributed by atoms with Crippen molar-refractivity contribution >= 4 is 35.3 Å². The molecule has 4 saturated carbocycles. The number of carboxylic acid groups (broad SMARTS) is 1. The van der Waals surface area contributed by atoms with Crippen LogP contribution in [0.5, 0.6) is 0 Å². The Morgan fingerprint density at radius 3 is 2.20 bits per heavy atom. The monoisotopic (exact) mass is 765 g/mol. The number of aliphatic carboxylic acids is 1. The molecular formula is C45H64ClNO7. The zero-order chi connectivity index (χ0) is 39.8. The molecule has 0 amide bonds. The summed E-state index contributed by atoms with van der Waals surface area (Å²) in [6.45, 7) is 20.0. The first-order chi connectivity index (χ1) is 25.1. The number of hydrogen-bond donors (Lipinski definition) is 2. The minimum absolute atomic E-state index is 0.0116. The summed E-state index contributed by atoms with van der Waals surface area (Å²) in [5.41, 5.74) is 0.663. The van der Waals surface area contributed by atoms with Crippen molar-refractivity contribution in [3.05, 3.63) is 46.0 Å². The maximum absolute atomic E-state index is 14.3. The van der Waals surface area contributed by atoms with Crippen molar-refractivity contribution in [3.8, 4) is 0 Å². The van der Waals surface area contributed by atoms with Gasteiger partial charge in [0, 0.05) is 28.8 Å². The van der Waals surface area contributed by atoms with Crippen LogP contribution in [0.3, 0.4) is 0 Å². The Bertz CT molecular complexity index is 1710. The maximum Gasteiger partial charge on any atom is 0.338 e. The second kappa shape index (κ2) is 14.0. The highest BCUT2D eigenvalue weighted by Gasteiger charge is 2.71. The van der Waals surface area contributed by atoms with Gasteiger partial charge in [0.05, 0.1) is 17.4 Å². The van der Waals surface area contributed by atoms with Gasteiger partial charge in [-0.1, -0.05) is 60.1 Å². The molecule has 0 spiro atoms. The largest absolute Gasteiger partial charge is 0.481 e. The molecule has 5 aliphatic rings. The van der Waals surface area contributed by atoms with Gasteiger partial charge in [-0.25, -0.2) is 4.79 Å². The van der Waals surface area contributed by atoms with Gasteiger partial charge >= 0.3 is 17.9 Å². The van der Waals surface area contributed by atoms with Crippen molar-refractivity contribution in [2.24, 2.45) is 56.2 Å². The van der Waals surface area contributed by atoms with Crippen molar-refractivity contribution < 1.29 is 33.8 Å². The number of benzene rings is 1. The molecule has 0 heterocycles. The van der Waals surface area contributed by atoms with E-state index in [0.717, 1.165) is 56.9 Å². The van der Waals surface area contributed by atoms with Gasteiger partial charge in [0.2, 0.25) is 0 Å². The molecule has 9 atom stereocenters. The Kier molecular flexibility index (Phi) is 10.6. The molecule has 4 fully saturated rings. The molecule has 1 unspecified atom stereocenters. The van der Waals surface area contributed by atoms with E-state index in [1.54, 1.807) is 38.1 Å². The average molecular weight is 766 g/mol. The molecule has 2 N–H and O–H groups in total. The van der Waals surface area contributed by atoms with Crippen LogP contribution in [-0.4, -0.2) is 54.6 Å². The van der Waals surface area contributed by atoms with E-state index in [4.69, 9.17) is 21.1 Å². The van der Waals surface area contributed by atoms with Gasteiger partial charge in [0.25, 0.3) is 0 Å². The molecule has 0 saturated heterocycles. The van der Waals surface area contributed by atoms with Crippen LogP contribution in [0.4, 0.5) is 0 Å². The fourth-order valence-electron chi connectivity index (χ4n) is 13.2. The molecule has 0 aliphatic heterocycles. The van der Waals surface area contributed by atoms with Crippen LogP contribution in [-0.2, 0) is 23.9 Å². The molecule has 0 aromatic heterocycles. The number of Topliss-reactive ketones (excluding diaryl/α,β-unsaturated/α-hetero) is 1. The van der Waals surface area contributed by atoms with E-state index in [-0.39, 0.29) is 51.8 Å². The first-order valence-electron chi connectivity index (χ1n) is 20.4. The van der Waals surface area contributed by atoms with Gasteiger partial charge in [-0.05, 0) is 148 Å². The number of esters is 2. The number of carbonyl (C=O) groups is 4. The number of halogens is 1. The number of fused-ring (bicyclic) bond motifs is 7. The fourth-order valence-corrected chi connectivity index (χ4v) is 13.3. The number of hydrogen-bond acceptors (Lipinski definition) is 7. The summed E-state index contributed by atoms with van der Waals surface area (Å²) in [6.07, 6.45) is 7.04. The SMILES string of the molecule is CNCC(OC(=O)c1ccc(Cl)cc1)[C@@]12CC[C@]3(C)[C@H](CC[C@@H]4[C@@]5(C)CC[C@H](OC(=O)CC(C)(C)C(=O)O)C(C)(C)[C@@H]5CC[C@]43C)C1=C(C(C)C)C(=O)C2. The van der Waals surface area contributed by atoms with Gasteiger partial charge in [0.15, 0.2) is 5.78 Å². The van der Waals surface area contributed by atoms with E-state index in [1.165, 1.54) is 5.57 Å². The van der Waals surface area contributed by atoms with E-state index in [2.05, 4.69) is 53.8 Å². The number of carboxylic acids is 1. The summed E-state index contributed by atoms with van der Waals surface area (Å²) in [4.78, 5) is 52.8. The number of likely N-dealkylation sites (N-methyl/N-ethyl adjacent to an activating group) is 1. The minimum atomic E-state index is -1.18. The lowest BCUT2D eigenvalue weighted by Crippen LogP contribution is -2.66. The molecule has 6 rings (SSSR count). The highest BCUT2D eigenvalue weighted by atomic mass is 35.5. The van der Waals surface area contributed by atoms with Crippen LogP contribution in [0.25, 0.3) is 0 Å². The molecule has 54 heavy (non-hydrogen) atoms. The first kappa shape index (κ1) is 40.9.